The fraction of sp³-hybridized carbons (Fsp3) is 0.438. The maximum Gasteiger partial charge on any atom is 0.321 e. The third-order valence-electron chi connectivity index (χ3n) is 4.03. The summed E-state index contributed by atoms with van der Waals surface area (Å²) in [4.78, 5) is 23.5. The molecule has 5 nitrogen and oxygen atoms in total. The molecule has 0 saturated heterocycles. The van der Waals surface area contributed by atoms with Crippen molar-refractivity contribution < 1.29 is 9.18 Å². The van der Waals surface area contributed by atoms with Crippen LogP contribution in [0.3, 0.4) is 0 Å². The molecular formula is C16H19FN4OS. The molecule has 0 spiro atoms. The van der Waals surface area contributed by atoms with Crippen LogP contribution in [0, 0.1) is 12.7 Å². The van der Waals surface area contributed by atoms with Crippen molar-refractivity contribution in [1.82, 2.24) is 14.9 Å². The highest BCUT2D eigenvalue weighted by Crippen LogP contribution is 2.35. The predicted molar refractivity (Wildman–Crippen MR) is 88.4 cm³/mol. The summed E-state index contributed by atoms with van der Waals surface area (Å²) in [7, 11) is 1.72. The van der Waals surface area contributed by atoms with Gasteiger partial charge in [0.2, 0.25) is 0 Å². The Morgan fingerprint density at radius 1 is 1.57 bits per heavy atom. The molecule has 0 saturated carbocycles. The van der Waals surface area contributed by atoms with Gasteiger partial charge in [-0.25, -0.2) is 14.2 Å². The molecule has 1 atom stereocenters. The Bertz CT molecular complexity index is 718. The Morgan fingerprint density at radius 3 is 3.17 bits per heavy atom. The number of halogens is 1. The Labute approximate surface area is 138 Å². The number of rotatable bonds is 3. The lowest BCUT2D eigenvalue weighted by molar-refractivity contribution is 0.217. The highest BCUT2D eigenvalue weighted by molar-refractivity contribution is 7.11. The van der Waals surface area contributed by atoms with Gasteiger partial charge in [0.1, 0.15) is 0 Å². The first-order valence-electron chi connectivity index (χ1n) is 7.62. The number of aryl methyl sites for hydroxylation is 2. The molecule has 1 N–H and O–H groups in total. The lowest BCUT2D eigenvalue weighted by Gasteiger charge is -2.26. The monoisotopic (exact) mass is 334 g/mol. The summed E-state index contributed by atoms with van der Waals surface area (Å²) in [6.45, 7) is 2.59. The van der Waals surface area contributed by atoms with Gasteiger partial charge in [-0.05, 0) is 32.3 Å². The number of carbonyl (C=O) groups is 1. The molecule has 3 rings (SSSR count). The fourth-order valence-corrected chi connectivity index (χ4v) is 3.97. The standard InChI is InChI=1S/C16H19FN4OS/c1-10-19-15-11(4-3-5-14(15)23-10)9-21(2)16(22)20-13-6-7-18-8-12(13)17/h6-8,11H,3-5,9H2,1-2H3,(H,18,20,22)/t11-/m1/s1. The smallest absolute Gasteiger partial charge is 0.321 e. The van der Waals surface area contributed by atoms with E-state index in [4.69, 9.17) is 0 Å². The number of anilines is 1. The van der Waals surface area contributed by atoms with Crippen LogP contribution in [0.25, 0.3) is 0 Å². The van der Waals surface area contributed by atoms with Crippen LogP contribution < -0.4 is 5.32 Å². The van der Waals surface area contributed by atoms with Crippen LogP contribution in [-0.2, 0) is 6.42 Å². The largest absolute Gasteiger partial charge is 0.327 e. The van der Waals surface area contributed by atoms with E-state index in [0.29, 0.717) is 6.54 Å². The first-order chi connectivity index (χ1) is 11.0. The summed E-state index contributed by atoms with van der Waals surface area (Å²) in [6.07, 6.45) is 5.76. The molecule has 2 amide bonds. The Hall–Kier alpha value is -2.02. The molecule has 23 heavy (non-hydrogen) atoms. The van der Waals surface area contributed by atoms with Gasteiger partial charge in [-0.15, -0.1) is 11.3 Å². The molecule has 2 aromatic rings. The third-order valence-corrected chi connectivity index (χ3v) is 5.08. The van der Waals surface area contributed by atoms with Crippen molar-refractivity contribution in [2.45, 2.75) is 32.1 Å². The average molecular weight is 334 g/mol. The first-order valence-corrected chi connectivity index (χ1v) is 8.44. The lowest BCUT2D eigenvalue weighted by Crippen LogP contribution is -2.35. The highest BCUT2D eigenvalue weighted by atomic mass is 32.1. The van der Waals surface area contributed by atoms with E-state index < -0.39 is 5.82 Å². The van der Waals surface area contributed by atoms with Gasteiger partial charge in [0.25, 0.3) is 0 Å². The zero-order valence-corrected chi connectivity index (χ0v) is 14.0. The van der Waals surface area contributed by atoms with Crippen molar-refractivity contribution in [3.8, 4) is 0 Å². The number of hydrogen-bond acceptors (Lipinski definition) is 4. The summed E-state index contributed by atoms with van der Waals surface area (Å²) in [5, 5.41) is 3.66. The van der Waals surface area contributed by atoms with Crippen LogP contribution in [-0.4, -0.2) is 34.5 Å². The van der Waals surface area contributed by atoms with Crippen LogP contribution in [0.5, 0.6) is 0 Å². The molecule has 2 heterocycles. The molecule has 0 fully saturated rings. The topological polar surface area (TPSA) is 58.1 Å². The Kier molecular flexibility index (Phi) is 4.56. The lowest BCUT2D eigenvalue weighted by atomic mass is 9.90. The van der Waals surface area contributed by atoms with E-state index in [1.165, 1.54) is 17.1 Å². The number of carbonyl (C=O) groups excluding carboxylic acids is 1. The van der Waals surface area contributed by atoms with Gasteiger partial charge in [-0.2, -0.15) is 0 Å². The van der Waals surface area contributed by atoms with Gasteiger partial charge in [-0.1, -0.05) is 0 Å². The van der Waals surface area contributed by atoms with E-state index >= 15 is 0 Å². The third kappa shape index (κ3) is 3.50. The summed E-state index contributed by atoms with van der Waals surface area (Å²) in [5.41, 5.74) is 1.28. The van der Waals surface area contributed by atoms with Gasteiger partial charge < -0.3 is 10.2 Å². The molecule has 122 valence electrons. The second kappa shape index (κ2) is 6.62. The van der Waals surface area contributed by atoms with Gasteiger partial charge in [0.15, 0.2) is 5.82 Å². The minimum Gasteiger partial charge on any atom is -0.327 e. The number of fused-ring (bicyclic) bond motifs is 1. The number of urea groups is 1. The zero-order valence-electron chi connectivity index (χ0n) is 13.2. The predicted octanol–water partition coefficient (Wildman–Crippen LogP) is 3.57. The van der Waals surface area contributed by atoms with Crippen molar-refractivity contribution in [2.24, 2.45) is 0 Å². The van der Waals surface area contributed by atoms with Gasteiger partial charge in [0.05, 0.1) is 22.6 Å². The number of aromatic nitrogens is 2. The summed E-state index contributed by atoms with van der Waals surface area (Å²) < 4.78 is 13.6. The number of nitrogens with one attached hydrogen (secondary N) is 1. The maximum absolute atomic E-state index is 13.6. The molecule has 7 heteroatoms. The van der Waals surface area contributed by atoms with Crippen molar-refractivity contribution in [3.05, 3.63) is 39.9 Å². The van der Waals surface area contributed by atoms with Crippen LogP contribution in [0.1, 0.15) is 34.3 Å². The molecule has 0 radical (unpaired) electrons. The van der Waals surface area contributed by atoms with E-state index in [9.17, 15) is 9.18 Å². The summed E-state index contributed by atoms with van der Waals surface area (Å²) in [5.74, 6) is -0.286. The number of pyridine rings is 1. The summed E-state index contributed by atoms with van der Waals surface area (Å²) >= 11 is 1.75. The normalized spacial score (nSPS) is 16.7. The van der Waals surface area contributed by atoms with Gasteiger partial charge >= 0.3 is 6.03 Å². The van der Waals surface area contributed by atoms with Gasteiger partial charge in [-0.3, -0.25) is 4.98 Å². The molecule has 1 aliphatic rings. The second-order valence-corrected chi connectivity index (χ2v) is 7.08. The van der Waals surface area contributed by atoms with E-state index in [2.05, 4.69) is 15.3 Å². The maximum atomic E-state index is 13.6. The van der Waals surface area contributed by atoms with Crippen LogP contribution in [0.15, 0.2) is 18.5 Å². The number of thiazole rings is 1. The SMILES string of the molecule is Cc1nc2c(s1)CCC[C@@H]2CN(C)C(=O)Nc1ccncc1F. The quantitative estimate of drug-likeness (QED) is 0.933. The van der Waals surface area contributed by atoms with E-state index in [1.54, 1.807) is 23.3 Å². The first kappa shape index (κ1) is 15.9. The molecule has 1 aliphatic carbocycles. The van der Waals surface area contributed by atoms with Crippen LogP contribution >= 0.6 is 11.3 Å². The van der Waals surface area contributed by atoms with Crippen molar-refractivity contribution >= 4 is 23.1 Å². The van der Waals surface area contributed by atoms with E-state index in [0.717, 1.165) is 36.2 Å². The number of nitrogens with zero attached hydrogens (tertiary/aromatic N) is 3. The van der Waals surface area contributed by atoms with Crippen molar-refractivity contribution in [3.63, 3.8) is 0 Å². The van der Waals surface area contributed by atoms with Crippen molar-refractivity contribution in [1.29, 1.82) is 0 Å². The molecule has 2 aromatic heterocycles. The van der Waals surface area contributed by atoms with E-state index in [1.807, 2.05) is 6.92 Å². The van der Waals surface area contributed by atoms with Crippen LogP contribution in [0.2, 0.25) is 0 Å². The number of hydrogen-bond donors (Lipinski definition) is 1. The highest BCUT2D eigenvalue weighted by Gasteiger charge is 2.26. The minimum absolute atomic E-state index is 0.144. The molecule has 0 aliphatic heterocycles. The number of amides is 2. The average Bonchev–Trinajstić information content (AvgIpc) is 2.91. The zero-order chi connectivity index (χ0) is 16.4. The Morgan fingerprint density at radius 2 is 2.39 bits per heavy atom. The van der Waals surface area contributed by atoms with E-state index in [-0.39, 0.29) is 17.6 Å². The van der Waals surface area contributed by atoms with Crippen molar-refractivity contribution in [2.75, 3.05) is 18.9 Å². The number of likely N-dealkylation sites (N-methyl/N-ethyl adjacent to an activating group) is 1. The molecular weight excluding hydrogens is 315 g/mol. The molecule has 0 aromatic carbocycles. The summed E-state index contributed by atoms with van der Waals surface area (Å²) in [6, 6.07) is 1.12. The van der Waals surface area contributed by atoms with Crippen LogP contribution in [0.4, 0.5) is 14.9 Å². The second-order valence-electron chi connectivity index (χ2n) is 5.80. The minimum atomic E-state index is -0.538. The fourth-order valence-electron chi connectivity index (χ4n) is 2.91. The van der Waals surface area contributed by atoms with Gasteiger partial charge in [0, 0.05) is 30.6 Å². The molecule has 0 bridgehead atoms. The molecule has 0 unspecified atom stereocenters. The Balaban J connectivity index is 1.66.